The summed E-state index contributed by atoms with van der Waals surface area (Å²) < 4.78 is 0. The molecule has 0 aliphatic rings. The van der Waals surface area contributed by atoms with Crippen LogP contribution in [0.3, 0.4) is 0 Å². The maximum absolute atomic E-state index is 4.05. The zero-order valence-corrected chi connectivity index (χ0v) is 13.7. The first-order valence-electron chi connectivity index (χ1n) is 7.80. The maximum atomic E-state index is 4.05. The van der Waals surface area contributed by atoms with Crippen LogP contribution in [0, 0.1) is 0 Å². The molecule has 0 saturated carbocycles. The first-order valence-corrected chi connectivity index (χ1v) is 7.80. The van der Waals surface area contributed by atoms with Crippen molar-refractivity contribution in [2.24, 2.45) is 0 Å². The van der Waals surface area contributed by atoms with Crippen molar-refractivity contribution < 1.29 is 0 Å². The van der Waals surface area contributed by atoms with Gasteiger partial charge in [0, 0.05) is 24.5 Å². The normalized spacial score (nSPS) is 12.1. The highest BCUT2D eigenvalue weighted by Gasteiger charge is 2.06. The van der Waals surface area contributed by atoms with Crippen LogP contribution >= 0.6 is 0 Å². The van der Waals surface area contributed by atoms with Crippen LogP contribution in [-0.2, 0) is 6.54 Å². The second-order valence-corrected chi connectivity index (χ2v) is 6.68. The van der Waals surface area contributed by atoms with E-state index < -0.39 is 0 Å². The summed E-state index contributed by atoms with van der Waals surface area (Å²) in [4.78, 5) is 6.44. The molecule has 3 nitrogen and oxygen atoms in total. The molecular formula is C17H31N3. The Hall–Kier alpha value is -0.930. The molecular weight excluding hydrogens is 246 g/mol. The minimum Gasteiger partial charge on any atom is -0.312 e. The molecule has 1 aromatic rings. The van der Waals surface area contributed by atoms with Crippen LogP contribution in [0.4, 0.5) is 0 Å². The highest BCUT2D eigenvalue weighted by Crippen LogP contribution is 2.05. The Kier molecular flexibility index (Phi) is 7.78. The summed E-state index contributed by atoms with van der Waals surface area (Å²) in [5.74, 6) is 0. The topological polar surface area (TPSA) is 28.2 Å². The first kappa shape index (κ1) is 17.1. The van der Waals surface area contributed by atoms with Gasteiger partial charge in [0.15, 0.2) is 0 Å². The van der Waals surface area contributed by atoms with E-state index in [4.69, 9.17) is 0 Å². The number of nitrogens with one attached hydrogen (secondary N) is 1. The van der Waals surface area contributed by atoms with E-state index in [1.807, 2.05) is 12.4 Å². The monoisotopic (exact) mass is 277 g/mol. The lowest BCUT2D eigenvalue weighted by atomic mass is 10.1. The van der Waals surface area contributed by atoms with E-state index in [2.05, 4.69) is 55.2 Å². The number of nitrogens with zero attached hydrogens (tertiary/aromatic N) is 2. The number of pyridine rings is 1. The Bertz CT molecular complexity index is 343. The molecule has 0 bridgehead atoms. The highest BCUT2D eigenvalue weighted by atomic mass is 15.1. The van der Waals surface area contributed by atoms with Crippen molar-refractivity contribution in [3.8, 4) is 0 Å². The summed E-state index contributed by atoms with van der Waals surface area (Å²) in [6.45, 7) is 10.0. The quantitative estimate of drug-likeness (QED) is 0.701. The molecule has 0 aliphatic heterocycles. The fourth-order valence-electron chi connectivity index (χ4n) is 2.20. The number of unbranched alkanes of at least 4 members (excludes halogenated alkanes) is 3. The van der Waals surface area contributed by atoms with Crippen molar-refractivity contribution in [1.29, 1.82) is 0 Å². The van der Waals surface area contributed by atoms with Crippen molar-refractivity contribution in [2.75, 3.05) is 20.1 Å². The van der Waals surface area contributed by atoms with Gasteiger partial charge in [0.05, 0.1) is 0 Å². The van der Waals surface area contributed by atoms with E-state index in [9.17, 15) is 0 Å². The smallest absolute Gasteiger partial charge is 0.0271 e. The summed E-state index contributed by atoms with van der Waals surface area (Å²) >= 11 is 0. The van der Waals surface area contributed by atoms with Gasteiger partial charge in [-0.1, -0.05) is 12.8 Å². The van der Waals surface area contributed by atoms with Crippen molar-refractivity contribution in [2.45, 2.75) is 58.5 Å². The zero-order valence-electron chi connectivity index (χ0n) is 13.7. The summed E-state index contributed by atoms with van der Waals surface area (Å²) in [5, 5.41) is 3.54. The minimum atomic E-state index is 0.255. The van der Waals surface area contributed by atoms with E-state index >= 15 is 0 Å². The van der Waals surface area contributed by atoms with E-state index in [0.717, 1.165) is 13.1 Å². The average Bonchev–Trinajstić information content (AvgIpc) is 2.37. The predicted octanol–water partition coefficient (Wildman–Crippen LogP) is 3.46. The molecule has 1 heterocycles. The largest absolute Gasteiger partial charge is 0.312 e. The molecule has 0 atom stereocenters. The SMILES string of the molecule is CN(CCCCCCNC(C)(C)C)Cc1ccncc1. The molecule has 0 unspecified atom stereocenters. The lowest BCUT2D eigenvalue weighted by Crippen LogP contribution is -2.36. The molecule has 0 aromatic carbocycles. The van der Waals surface area contributed by atoms with E-state index in [0.29, 0.717) is 0 Å². The number of hydrogen-bond acceptors (Lipinski definition) is 3. The van der Waals surface area contributed by atoms with Crippen molar-refractivity contribution in [3.63, 3.8) is 0 Å². The second kappa shape index (κ2) is 9.09. The lowest BCUT2D eigenvalue weighted by Gasteiger charge is -2.20. The van der Waals surface area contributed by atoms with Crippen LogP contribution in [0.1, 0.15) is 52.0 Å². The van der Waals surface area contributed by atoms with Crippen LogP contribution < -0.4 is 5.32 Å². The maximum Gasteiger partial charge on any atom is 0.0271 e. The third-order valence-electron chi connectivity index (χ3n) is 3.32. The fraction of sp³-hybridized carbons (Fsp3) is 0.706. The summed E-state index contributed by atoms with van der Waals surface area (Å²) in [5.41, 5.74) is 1.60. The molecule has 0 radical (unpaired) electrons. The second-order valence-electron chi connectivity index (χ2n) is 6.68. The fourth-order valence-corrected chi connectivity index (χ4v) is 2.20. The summed E-state index contributed by atoms with van der Waals surface area (Å²) in [6.07, 6.45) is 8.96. The van der Waals surface area contributed by atoms with Crippen LogP contribution in [0.15, 0.2) is 24.5 Å². The van der Waals surface area contributed by atoms with Gasteiger partial charge in [-0.2, -0.15) is 0 Å². The molecule has 1 rings (SSSR count). The lowest BCUT2D eigenvalue weighted by molar-refractivity contribution is 0.315. The molecule has 114 valence electrons. The predicted molar refractivity (Wildman–Crippen MR) is 86.8 cm³/mol. The van der Waals surface area contributed by atoms with Crippen molar-refractivity contribution >= 4 is 0 Å². The van der Waals surface area contributed by atoms with Crippen molar-refractivity contribution in [3.05, 3.63) is 30.1 Å². The first-order chi connectivity index (χ1) is 9.47. The molecule has 3 heteroatoms. The molecule has 0 amide bonds. The molecule has 0 spiro atoms. The van der Waals surface area contributed by atoms with Crippen LogP contribution in [-0.4, -0.2) is 35.6 Å². The molecule has 1 aromatic heterocycles. The van der Waals surface area contributed by atoms with E-state index in [1.54, 1.807) is 0 Å². The van der Waals surface area contributed by atoms with Crippen LogP contribution in [0.25, 0.3) is 0 Å². The number of hydrogen-bond donors (Lipinski definition) is 1. The number of rotatable bonds is 9. The summed E-state index contributed by atoms with van der Waals surface area (Å²) in [6, 6.07) is 4.18. The Morgan fingerprint density at radius 3 is 2.35 bits per heavy atom. The minimum absolute atomic E-state index is 0.255. The Morgan fingerprint density at radius 2 is 1.70 bits per heavy atom. The molecule has 0 aliphatic carbocycles. The molecule has 1 N–H and O–H groups in total. The third kappa shape index (κ3) is 9.05. The van der Waals surface area contributed by atoms with Crippen LogP contribution in [0.2, 0.25) is 0 Å². The summed E-state index contributed by atoms with van der Waals surface area (Å²) in [7, 11) is 2.20. The highest BCUT2D eigenvalue weighted by molar-refractivity contribution is 5.09. The molecule has 20 heavy (non-hydrogen) atoms. The van der Waals surface area contributed by atoms with Crippen molar-refractivity contribution in [1.82, 2.24) is 15.2 Å². The average molecular weight is 277 g/mol. The standard InChI is InChI=1S/C17H31N3/c1-17(2,3)19-11-7-5-6-8-14-20(4)15-16-9-12-18-13-10-16/h9-10,12-13,19H,5-8,11,14-15H2,1-4H3. The van der Waals surface area contributed by atoms with Gasteiger partial charge in [0.2, 0.25) is 0 Å². The number of aromatic nitrogens is 1. The van der Waals surface area contributed by atoms with E-state index in [-0.39, 0.29) is 5.54 Å². The van der Waals surface area contributed by atoms with Gasteiger partial charge in [0.1, 0.15) is 0 Å². The third-order valence-corrected chi connectivity index (χ3v) is 3.32. The van der Waals surface area contributed by atoms with Gasteiger partial charge in [-0.3, -0.25) is 4.98 Å². The molecule has 0 fully saturated rings. The Labute approximate surface area is 124 Å². The van der Waals surface area contributed by atoms with Crippen LogP contribution in [0.5, 0.6) is 0 Å². The molecule has 0 saturated heterocycles. The zero-order chi connectivity index (χ0) is 14.8. The van der Waals surface area contributed by atoms with Gasteiger partial charge in [0.25, 0.3) is 0 Å². The van der Waals surface area contributed by atoms with Gasteiger partial charge >= 0.3 is 0 Å². The van der Waals surface area contributed by atoms with E-state index in [1.165, 1.54) is 37.8 Å². The van der Waals surface area contributed by atoms with Gasteiger partial charge in [-0.05, 0) is 71.4 Å². The Morgan fingerprint density at radius 1 is 1.05 bits per heavy atom. The van der Waals surface area contributed by atoms with Gasteiger partial charge in [-0.15, -0.1) is 0 Å². The Balaban J connectivity index is 1.98. The van der Waals surface area contributed by atoms with Gasteiger partial charge < -0.3 is 10.2 Å². The van der Waals surface area contributed by atoms with Gasteiger partial charge in [-0.25, -0.2) is 0 Å².